The molecule has 1 aromatic carbocycles. The maximum absolute atomic E-state index is 6.41. The van der Waals surface area contributed by atoms with Gasteiger partial charge in [0.1, 0.15) is 0 Å². The summed E-state index contributed by atoms with van der Waals surface area (Å²) < 4.78 is 1.90. The second-order valence-corrected chi connectivity index (χ2v) is 6.31. The largest absolute Gasteiger partial charge is 0.310 e. The number of nitrogens with one attached hydrogen (secondary N) is 1. The minimum Gasteiger partial charge on any atom is -0.310 e. The Bertz CT molecular complexity index is 626. The van der Waals surface area contributed by atoms with Gasteiger partial charge in [-0.2, -0.15) is 5.10 Å². The summed E-state index contributed by atoms with van der Waals surface area (Å²) in [6.45, 7) is 0.900. The Morgan fingerprint density at radius 1 is 1.20 bits per heavy atom. The van der Waals surface area contributed by atoms with Gasteiger partial charge in [-0.15, -0.1) is 0 Å². The van der Waals surface area contributed by atoms with E-state index in [1.807, 2.05) is 16.9 Å². The van der Waals surface area contributed by atoms with Gasteiger partial charge in [-0.05, 0) is 49.4 Å². The predicted molar refractivity (Wildman–Crippen MR) is 80.4 cm³/mol. The number of hydrogen-bond donors (Lipinski definition) is 1. The molecule has 0 radical (unpaired) electrons. The van der Waals surface area contributed by atoms with Crippen LogP contribution in [-0.2, 0) is 6.54 Å². The third-order valence-electron chi connectivity index (χ3n) is 4.04. The lowest BCUT2D eigenvalue weighted by Gasteiger charge is -2.08. The van der Waals surface area contributed by atoms with Gasteiger partial charge in [0, 0.05) is 24.7 Å². The highest BCUT2D eigenvalue weighted by Crippen LogP contribution is 2.39. The molecule has 3 nitrogen and oxygen atoms in total. The van der Waals surface area contributed by atoms with Crippen molar-refractivity contribution in [1.82, 2.24) is 15.1 Å². The lowest BCUT2D eigenvalue weighted by atomic mass is 10.2. The monoisotopic (exact) mass is 287 g/mol. The Balaban J connectivity index is 1.53. The molecular formula is C16H18ClN3. The highest BCUT2D eigenvalue weighted by molar-refractivity contribution is 6.32. The Hall–Kier alpha value is -1.32. The molecule has 0 atom stereocenters. The Labute approximate surface area is 123 Å². The van der Waals surface area contributed by atoms with Crippen LogP contribution in [0.2, 0.25) is 5.02 Å². The van der Waals surface area contributed by atoms with E-state index < -0.39 is 0 Å². The third-order valence-corrected chi connectivity index (χ3v) is 4.34. The molecule has 1 N–H and O–H groups in total. The predicted octanol–water partition coefficient (Wildman–Crippen LogP) is 3.66. The second-order valence-electron chi connectivity index (χ2n) is 5.90. The van der Waals surface area contributed by atoms with Gasteiger partial charge in [-0.1, -0.05) is 17.7 Å². The van der Waals surface area contributed by atoms with Crippen molar-refractivity contribution in [2.75, 3.05) is 0 Å². The van der Waals surface area contributed by atoms with Crippen LogP contribution in [0.1, 0.15) is 42.9 Å². The summed E-state index contributed by atoms with van der Waals surface area (Å²) in [5, 5.41) is 8.91. The van der Waals surface area contributed by atoms with E-state index in [0.717, 1.165) is 23.3 Å². The maximum atomic E-state index is 6.41. The van der Waals surface area contributed by atoms with Crippen LogP contribution in [0, 0.1) is 0 Å². The van der Waals surface area contributed by atoms with Crippen LogP contribution >= 0.6 is 11.6 Å². The van der Waals surface area contributed by atoms with E-state index in [4.69, 9.17) is 11.6 Å². The summed E-state index contributed by atoms with van der Waals surface area (Å²) in [5.74, 6) is 0.678. The normalized spacial score (nSPS) is 18.4. The van der Waals surface area contributed by atoms with Crippen molar-refractivity contribution < 1.29 is 0 Å². The van der Waals surface area contributed by atoms with Crippen molar-refractivity contribution in [2.45, 2.75) is 44.2 Å². The molecule has 2 aliphatic carbocycles. The van der Waals surface area contributed by atoms with Crippen molar-refractivity contribution in [3.05, 3.63) is 46.7 Å². The maximum Gasteiger partial charge on any atom is 0.0832 e. The van der Waals surface area contributed by atoms with E-state index in [1.54, 1.807) is 0 Å². The van der Waals surface area contributed by atoms with E-state index in [2.05, 4.69) is 28.6 Å². The SMILES string of the molecule is Clc1cc(CNC2CC2)ccc1-n1ccc(C2CC2)n1. The lowest BCUT2D eigenvalue weighted by molar-refractivity contribution is 0.687. The topological polar surface area (TPSA) is 29.9 Å². The minimum atomic E-state index is 0.678. The van der Waals surface area contributed by atoms with Gasteiger partial charge in [-0.25, -0.2) is 4.68 Å². The number of hydrogen-bond acceptors (Lipinski definition) is 2. The molecule has 0 saturated heterocycles. The quantitative estimate of drug-likeness (QED) is 0.909. The van der Waals surface area contributed by atoms with Crippen LogP contribution in [0.3, 0.4) is 0 Å². The zero-order valence-electron chi connectivity index (χ0n) is 11.3. The van der Waals surface area contributed by atoms with Gasteiger partial charge in [0.2, 0.25) is 0 Å². The molecule has 0 bridgehead atoms. The smallest absolute Gasteiger partial charge is 0.0832 e. The summed E-state index contributed by atoms with van der Waals surface area (Å²) in [6.07, 6.45) is 7.18. The van der Waals surface area contributed by atoms with E-state index in [1.165, 1.54) is 36.9 Å². The molecule has 1 heterocycles. The first-order valence-electron chi connectivity index (χ1n) is 7.37. The summed E-state index contributed by atoms with van der Waals surface area (Å²) in [6, 6.07) is 9.08. The molecule has 0 unspecified atom stereocenters. The molecule has 2 aromatic rings. The Morgan fingerprint density at radius 2 is 2.05 bits per heavy atom. The first kappa shape index (κ1) is 12.4. The average molecular weight is 288 g/mol. The van der Waals surface area contributed by atoms with Crippen molar-refractivity contribution in [1.29, 1.82) is 0 Å². The van der Waals surface area contributed by atoms with Gasteiger partial charge in [-0.3, -0.25) is 0 Å². The summed E-state index contributed by atoms with van der Waals surface area (Å²) in [5.41, 5.74) is 3.40. The van der Waals surface area contributed by atoms with E-state index in [9.17, 15) is 0 Å². The number of halogens is 1. The zero-order valence-corrected chi connectivity index (χ0v) is 12.1. The molecule has 1 aromatic heterocycles. The van der Waals surface area contributed by atoms with Crippen LogP contribution in [0.5, 0.6) is 0 Å². The van der Waals surface area contributed by atoms with Crippen LogP contribution < -0.4 is 5.32 Å². The van der Waals surface area contributed by atoms with E-state index in [0.29, 0.717) is 5.92 Å². The molecular weight excluding hydrogens is 270 g/mol. The highest BCUT2D eigenvalue weighted by atomic mass is 35.5. The van der Waals surface area contributed by atoms with Gasteiger partial charge < -0.3 is 5.32 Å². The molecule has 4 heteroatoms. The number of benzene rings is 1. The van der Waals surface area contributed by atoms with Gasteiger partial charge in [0.25, 0.3) is 0 Å². The second kappa shape index (κ2) is 4.90. The molecule has 104 valence electrons. The van der Waals surface area contributed by atoms with Crippen molar-refractivity contribution in [3.8, 4) is 5.69 Å². The van der Waals surface area contributed by atoms with Crippen molar-refractivity contribution in [3.63, 3.8) is 0 Å². The van der Waals surface area contributed by atoms with Crippen LogP contribution in [0.25, 0.3) is 5.69 Å². The lowest BCUT2D eigenvalue weighted by Crippen LogP contribution is -2.15. The van der Waals surface area contributed by atoms with Crippen LogP contribution in [-0.4, -0.2) is 15.8 Å². The summed E-state index contributed by atoms with van der Waals surface area (Å²) in [7, 11) is 0. The van der Waals surface area contributed by atoms with Gasteiger partial charge >= 0.3 is 0 Å². The molecule has 0 amide bonds. The first-order valence-corrected chi connectivity index (χ1v) is 7.75. The number of aromatic nitrogens is 2. The molecule has 2 aliphatic rings. The zero-order chi connectivity index (χ0) is 13.5. The standard InChI is InChI=1S/C16H18ClN3/c17-14-9-11(10-18-13-4-5-13)1-6-16(14)20-8-7-15(19-20)12-2-3-12/h1,6-9,12-13,18H,2-5,10H2. The Morgan fingerprint density at radius 3 is 2.75 bits per heavy atom. The highest BCUT2D eigenvalue weighted by Gasteiger charge is 2.26. The van der Waals surface area contributed by atoms with Crippen LogP contribution in [0.15, 0.2) is 30.5 Å². The third kappa shape index (κ3) is 2.60. The Kier molecular flexibility index (Phi) is 3.04. The minimum absolute atomic E-state index is 0.678. The van der Waals surface area contributed by atoms with Gasteiger partial charge in [0.15, 0.2) is 0 Å². The van der Waals surface area contributed by atoms with Gasteiger partial charge in [0.05, 0.1) is 16.4 Å². The molecule has 0 spiro atoms. The average Bonchev–Trinajstić information content (AvgIpc) is 3.37. The molecule has 4 rings (SSSR count). The molecule has 2 fully saturated rings. The molecule has 2 saturated carbocycles. The van der Waals surface area contributed by atoms with Crippen molar-refractivity contribution >= 4 is 11.6 Å². The summed E-state index contributed by atoms with van der Waals surface area (Å²) >= 11 is 6.41. The van der Waals surface area contributed by atoms with Crippen LogP contribution in [0.4, 0.5) is 0 Å². The molecule has 20 heavy (non-hydrogen) atoms. The number of nitrogens with zero attached hydrogens (tertiary/aromatic N) is 2. The fourth-order valence-electron chi connectivity index (χ4n) is 2.46. The first-order chi connectivity index (χ1) is 9.79. The fraction of sp³-hybridized carbons (Fsp3) is 0.438. The van der Waals surface area contributed by atoms with E-state index in [-0.39, 0.29) is 0 Å². The number of rotatable bonds is 5. The summed E-state index contributed by atoms with van der Waals surface area (Å²) in [4.78, 5) is 0. The molecule has 0 aliphatic heterocycles. The van der Waals surface area contributed by atoms with Crippen molar-refractivity contribution in [2.24, 2.45) is 0 Å². The fourth-order valence-corrected chi connectivity index (χ4v) is 2.75. The van der Waals surface area contributed by atoms with E-state index >= 15 is 0 Å².